The predicted molar refractivity (Wildman–Crippen MR) is 88.7 cm³/mol. The van der Waals surface area contributed by atoms with Gasteiger partial charge in [-0.1, -0.05) is 29.8 Å². The highest BCUT2D eigenvalue weighted by molar-refractivity contribution is 9.10. The number of nitrogens with one attached hydrogen (secondary N) is 1. The molecule has 0 atom stereocenters. The van der Waals surface area contributed by atoms with Crippen molar-refractivity contribution in [3.8, 4) is 11.5 Å². The van der Waals surface area contributed by atoms with Gasteiger partial charge < -0.3 is 14.8 Å². The van der Waals surface area contributed by atoms with Crippen molar-refractivity contribution in [1.29, 1.82) is 0 Å². The van der Waals surface area contributed by atoms with Crippen LogP contribution < -0.4 is 14.8 Å². The highest BCUT2D eigenvalue weighted by Gasteiger charge is 2.28. The number of ether oxygens (including phenoxy) is 2. The third-order valence-corrected chi connectivity index (χ3v) is 5.05. The van der Waals surface area contributed by atoms with Gasteiger partial charge in [0, 0.05) is 16.5 Å². The molecule has 2 heterocycles. The molecule has 0 aliphatic carbocycles. The number of hydrogen-bond donors (Lipinski definition) is 1. The molecule has 1 aromatic carbocycles. The van der Waals surface area contributed by atoms with Crippen LogP contribution in [0.1, 0.15) is 56.1 Å². The van der Waals surface area contributed by atoms with Gasteiger partial charge in [-0.15, -0.1) is 0 Å². The zero-order valence-electron chi connectivity index (χ0n) is 12.9. The van der Waals surface area contributed by atoms with E-state index in [4.69, 9.17) is 9.47 Å². The van der Waals surface area contributed by atoms with E-state index in [2.05, 4.69) is 41.2 Å². The van der Waals surface area contributed by atoms with Crippen LogP contribution in [0.15, 0.2) is 10.5 Å². The summed E-state index contributed by atoms with van der Waals surface area (Å²) in [6, 6.07) is 2.11. The Hall–Kier alpha value is -0.740. The monoisotopic (exact) mass is 353 g/mol. The lowest BCUT2D eigenvalue weighted by Gasteiger charge is -2.29. The molecule has 0 spiro atoms. The van der Waals surface area contributed by atoms with Crippen molar-refractivity contribution >= 4 is 15.9 Å². The molecular formula is C17H24BrNO2. The van der Waals surface area contributed by atoms with E-state index in [9.17, 15) is 0 Å². The summed E-state index contributed by atoms with van der Waals surface area (Å²) in [6.45, 7) is 8.19. The quantitative estimate of drug-likeness (QED) is 0.864. The van der Waals surface area contributed by atoms with Crippen LogP contribution in [0.2, 0.25) is 0 Å². The van der Waals surface area contributed by atoms with E-state index >= 15 is 0 Å². The van der Waals surface area contributed by atoms with Gasteiger partial charge in [0.25, 0.3) is 0 Å². The lowest BCUT2D eigenvalue weighted by atomic mass is 9.83. The Morgan fingerprint density at radius 3 is 2.62 bits per heavy atom. The van der Waals surface area contributed by atoms with E-state index in [0.29, 0.717) is 11.8 Å². The van der Waals surface area contributed by atoms with Crippen molar-refractivity contribution in [3.63, 3.8) is 0 Å². The Morgan fingerprint density at radius 2 is 1.90 bits per heavy atom. The highest BCUT2D eigenvalue weighted by Crippen LogP contribution is 2.47. The molecule has 0 aromatic heterocycles. The van der Waals surface area contributed by atoms with Crippen molar-refractivity contribution in [2.24, 2.45) is 0 Å². The molecule has 1 saturated heterocycles. The number of fused-ring (bicyclic) bond motifs is 1. The summed E-state index contributed by atoms with van der Waals surface area (Å²) in [5.74, 6) is 2.93. The minimum Gasteiger partial charge on any atom is -0.490 e. The van der Waals surface area contributed by atoms with E-state index < -0.39 is 0 Å². The third kappa shape index (κ3) is 3.07. The fourth-order valence-corrected chi connectivity index (χ4v) is 4.16. The first kappa shape index (κ1) is 15.2. The third-order valence-electron chi connectivity index (χ3n) is 4.39. The second kappa shape index (κ2) is 6.57. The fraction of sp³-hybridized carbons (Fsp3) is 0.647. The Labute approximate surface area is 135 Å². The Morgan fingerprint density at radius 1 is 1.19 bits per heavy atom. The van der Waals surface area contributed by atoms with Crippen LogP contribution in [0.4, 0.5) is 0 Å². The number of hydrogen-bond acceptors (Lipinski definition) is 3. The van der Waals surface area contributed by atoms with Crippen LogP contribution >= 0.6 is 15.9 Å². The van der Waals surface area contributed by atoms with Gasteiger partial charge in [-0.2, -0.15) is 0 Å². The second-order valence-electron chi connectivity index (χ2n) is 6.24. The lowest BCUT2D eigenvalue weighted by Crippen LogP contribution is -2.27. The van der Waals surface area contributed by atoms with Crippen LogP contribution in [0.5, 0.6) is 11.5 Å². The summed E-state index contributed by atoms with van der Waals surface area (Å²) < 4.78 is 13.1. The van der Waals surface area contributed by atoms with Crippen molar-refractivity contribution in [1.82, 2.24) is 5.32 Å². The Balaban J connectivity index is 2.11. The summed E-state index contributed by atoms with van der Waals surface area (Å²) >= 11 is 3.80. The molecule has 2 aliphatic rings. The average molecular weight is 354 g/mol. The molecule has 2 aliphatic heterocycles. The molecular weight excluding hydrogens is 330 g/mol. The van der Waals surface area contributed by atoms with Gasteiger partial charge in [0.2, 0.25) is 0 Å². The van der Waals surface area contributed by atoms with Gasteiger partial charge in [-0.3, -0.25) is 0 Å². The number of halogens is 1. The summed E-state index contributed by atoms with van der Waals surface area (Å²) in [7, 11) is 0. The zero-order valence-corrected chi connectivity index (χ0v) is 14.5. The first-order valence-corrected chi connectivity index (χ1v) is 8.80. The Bertz CT molecular complexity index is 510. The predicted octanol–water partition coefficient (Wildman–Crippen LogP) is 4.20. The van der Waals surface area contributed by atoms with Crippen LogP contribution in [-0.2, 0) is 0 Å². The normalized spacial score (nSPS) is 19.6. The highest BCUT2D eigenvalue weighted by atomic mass is 79.9. The summed E-state index contributed by atoms with van der Waals surface area (Å²) in [4.78, 5) is 0. The Kier molecular flexibility index (Phi) is 4.75. The molecule has 21 heavy (non-hydrogen) atoms. The van der Waals surface area contributed by atoms with Crippen LogP contribution in [0, 0.1) is 0 Å². The minimum absolute atomic E-state index is 0.433. The van der Waals surface area contributed by atoms with E-state index in [1.165, 1.54) is 28.4 Å². The van der Waals surface area contributed by atoms with Crippen molar-refractivity contribution < 1.29 is 9.47 Å². The number of benzene rings is 1. The van der Waals surface area contributed by atoms with E-state index in [0.717, 1.165) is 44.2 Å². The standard InChI is InChI=1S/C17H24BrNO2/c1-11(2)15-16(12-4-6-19-7-5-12)13(18)10-14-17(15)21-9-3-8-20-14/h10-12,19H,3-9H2,1-2H3. The van der Waals surface area contributed by atoms with E-state index in [-0.39, 0.29) is 0 Å². The maximum absolute atomic E-state index is 6.07. The summed E-state index contributed by atoms with van der Waals surface area (Å²) in [5.41, 5.74) is 2.78. The molecule has 0 radical (unpaired) electrons. The molecule has 3 rings (SSSR count). The molecule has 0 unspecified atom stereocenters. The number of piperidine rings is 1. The maximum Gasteiger partial charge on any atom is 0.164 e. The van der Waals surface area contributed by atoms with Crippen LogP contribution in [-0.4, -0.2) is 26.3 Å². The first-order valence-electron chi connectivity index (χ1n) is 8.01. The van der Waals surface area contributed by atoms with Crippen LogP contribution in [0.25, 0.3) is 0 Å². The molecule has 3 nitrogen and oxygen atoms in total. The van der Waals surface area contributed by atoms with Gasteiger partial charge >= 0.3 is 0 Å². The SMILES string of the molecule is CC(C)c1c2c(cc(Br)c1C1CCNCC1)OCCCO2. The fourth-order valence-electron chi connectivity index (χ4n) is 3.41. The van der Waals surface area contributed by atoms with E-state index in [1.807, 2.05) is 0 Å². The smallest absolute Gasteiger partial charge is 0.164 e. The molecule has 0 amide bonds. The summed E-state index contributed by atoms with van der Waals surface area (Å²) in [5, 5.41) is 3.45. The summed E-state index contributed by atoms with van der Waals surface area (Å²) in [6.07, 6.45) is 3.34. The minimum atomic E-state index is 0.433. The topological polar surface area (TPSA) is 30.5 Å². The lowest BCUT2D eigenvalue weighted by molar-refractivity contribution is 0.295. The molecule has 1 N–H and O–H groups in total. The van der Waals surface area contributed by atoms with Gasteiger partial charge in [0.05, 0.1) is 13.2 Å². The van der Waals surface area contributed by atoms with Gasteiger partial charge in [-0.25, -0.2) is 0 Å². The molecule has 116 valence electrons. The van der Waals surface area contributed by atoms with E-state index in [1.54, 1.807) is 0 Å². The van der Waals surface area contributed by atoms with Crippen molar-refractivity contribution in [2.75, 3.05) is 26.3 Å². The van der Waals surface area contributed by atoms with Gasteiger partial charge in [0.1, 0.15) is 0 Å². The molecule has 0 saturated carbocycles. The zero-order chi connectivity index (χ0) is 14.8. The molecule has 1 fully saturated rings. The number of rotatable bonds is 2. The second-order valence-corrected chi connectivity index (χ2v) is 7.10. The molecule has 4 heteroatoms. The molecule has 0 bridgehead atoms. The van der Waals surface area contributed by atoms with Crippen LogP contribution in [0.3, 0.4) is 0 Å². The van der Waals surface area contributed by atoms with Gasteiger partial charge in [-0.05, 0) is 49.4 Å². The molecule has 1 aromatic rings. The largest absolute Gasteiger partial charge is 0.490 e. The van der Waals surface area contributed by atoms with Gasteiger partial charge in [0.15, 0.2) is 11.5 Å². The maximum atomic E-state index is 6.07. The average Bonchev–Trinajstić information content (AvgIpc) is 2.71. The van der Waals surface area contributed by atoms with Crippen molar-refractivity contribution in [3.05, 3.63) is 21.7 Å². The first-order chi connectivity index (χ1) is 10.2. The van der Waals surface area contributed by atoms with Crippen molar-refractivity contribution in [2.45, 2.75) is 44.9 Å².